The first kappa shape index (κ1) is 18.4. The van der Waals surface area contributed by atoms with Crippen molar-refractivity contribution in [3.05, 3.63) is 82.4 Å². The SMILES string of the molecule is C=CCOc1ccc(/C=C(\C#N)C(=O)Nc2cccc([N+](=O)[O-])c2)cc1. The zero-order valence-electron chi connectivity index (χ0n) is 13.7. The standard InChI is InChI=1S/C19H15N3O4/c1-2-10-26-18-8-6-14(7-9-18)11-15(13-20)19(23)21-16-4-3-5-17(12-16)22(24)25/h2-9,11-12H,1,10H2,(H,21,23)/b15-11+. The Bertz CT molecular complexity index is 896. The van der Waals surface area contributed by atoms with Crippen LogP contribution in [-0.2, 0) is 4.79 Å². The van der Waals surface area contributed by atoms with Crippen molar-refractivity contribution in [2.24, 2.45) is 0 Å². The summed E-state index contributed by atoms with van der Waals surface area (Å²) in [5.74, 6) is -0.0124. The quantitative estimate of drug-likeness (QED) is 0.270. The van der Waals surface area contributed by atoms with Crippen LogP contribution in [0.2, 0.25) is 0 Å². The molecule has 0 spiro atoms. The molecule has 0 aliphatic heterocycles. The van der Waals surface area contributed by atoms with Crippen LogP contribution < -0.4 is 10.1 Å². The lowest BCUT2D eigenvalue weighted by Crippen LogP contribution is -2.13. The van der Waals surface area contributed by atoms with Crippen molar-refractivity contribution in [3.8, 4) is 11.8 Å². The molecule has 2 rings (SSSR count). The van der Waals surface area contributed by atoms with Gasteiger partial charge in [0.05, 0.1) is 4.92 Å². The van der Waals surface area contributed by atoms with Crippen LogP contribution in [0.4, 0.5) is 11.4 Å². The Balaban J connectivity index is 2.14. The molecule has 1 amide bonds. The van der Waals surface area contributed by atoms with E-state index in [0.717, 1.165) is 0 Å². The number of nitrogens with zero attached hydrogens (tertiary/aromatic N) is 2. The third kappa shape index (κ3) is 5.04. The number of hydrogen-bond donors (Lipinski definition) is 1. The van der Waals surface area contributed by atoms with Crippen molar-refractivity contribution in [3.63, 3.8) is 0 Å². The molecule has 2 aromatic rings. The summed E-state index contributed by atoms with van der Waals surface area (Å²) in [7, 11) is 0. The van der Waals surface area contributed by atoms with E-state index in [4.69, 9.17) is 4.74 Å². The summed E-state index contributed by atoms with van der Waals surface area (Å²) in [5, 5.41) is 22.5. The molecule has 0 saturated heterocycles. The number of ether oxygens (including phenoxy) is 1. The first-order valence-corrected chi connectivity index (χ1v) is 7.55. The van der Waals surface area contributed by atoms with E-state index >= 15 is 0 Å². The number of nitrogens with one attached hydrogen (secondary N) is 1. The Morgan fingerprint density at radius 2 is 2.04 bits per heavy atom. The molecule has 0 heterocycles. The largest absolute Gasteiger partial charge is 0.490 e. The number of benzene rings is 2. The average Bonchev–Trinajstić information content (AvgIpc) is 2.65. The summed E-state index contributed by atoms with van der Waals surface area (Å²) in [4.78, 5) is 22.4. The van der Waals surface area contributed by atoms with E-state index in [2.05, 4.69) is 11.9 Å². The molecule has 0 bridgehead atoms. The fourth-order valence-corrected chi connectivity index (χ4v) is 2.03. The first-order valence-electron chi connectivity index (χ1n) is 7.55. The van der Waals surface area contributed by atoms with Crippen LogP contribution >= 0.6 is 0 Å². The molecule has 0 saturated carbocycles. The number of anilines is 1. The summed E-state index contributed by atoms with van der Waals surface area (Å²) in [6.07, 6.45) is 3.05. The summed E-state index contributed by atoms with van der Waals surface area (Å²) < 4.78 is 5.36. The van der Waals surface area contributed by atoms with Gasteiger partial charge in [0.15, 0.2) is 0 Å². The van der Waals surface area contributed by atoms with Crippen LogP contribution in [0, 0.1) is 21.4 Å². The maximum atomic E-state index is 12.2. The van der Waals surface area contributed by atoms with Gasteiger partial charge in [-0.05, 0) is 29.8 Å². The highest BCUT2D eigenvalue weighted by atomic mass is 16.6. The summed E-state index contributed by atoms with van der Waals surface area (Å²) in [6.45, 7) is 3.94. The second-order valence-electron chi connectivity index (χ2n) is 5.10. The smallest absolute Gasteiger partial charge is 0.271 e. The van der Waals surface area contributed by atoms with Crippen LogP contribution in [0.3, 0.4) is 0 Å². The molecule has 1 N–H and O–H groups in total. The van der Waals surface area contributed by atoms with Crippen molar-refractivity contribution in [2.45, 2.75) is 0 Å². The highest BCUT2D eigenvalue weighted by Gasteiger charge is 2.12. The van der Waals surface area contributed by atoms with E-state index in [0.29, 0.717) is 17.9 Å². The van der Waals surface area contributed by atoms with Gasteiger partial charge in [-0.1, -0.05) is 30.9 Å². The Morgan fingerprint density at radius 1 is 1.31 bits per heavy atom. The molecule has 0 atom stereocenters. The monoisotopic (exact) mass is 349 g/mol. The Labute approximate surface area is 150 Å². The highest BCUT2D eigenvalue weighted by Crippen LogP contribution is 2.19. The van der Waals surface area contributed by atoms with Crippen LogP contribution in [-0.4, -0.2) is 17.4 Å². The molecule has 0 fully saturated rings. The zero-order valence-corrected chi connectivity index (χ0v) is 13.7. The zero-order chi connectivity index (χ0) is 18.9. The second-order valence-corrected chi connectivity index (χ2v) is 5.10. The number of nitro benzene ring substituents is 1. The van der Waals surface area contributed by atoms with Crippen LogP contribution in [0.1, 0.15) is 5.56 Å². The maximum absolute atomic E-state index is 12.2. The number of amides is 1. The van der Waals surface area contributed by atoms with Crippen LogP contribution in [0.15, 0.2) is 66.8 Å². The van der Waals surface area contributed by atoms with Gasteiger partial charge in [-0.3, -0.25) is 14.9 Å². The van der Waals surface area contributed by atoms with Crippen molar-refractivity contribution < 1.29 is 14.5 Å². The number of rotatable bonds is 7. The fraction of sp³-hybridized carbons (Fsp3) is 0.0526. The van der Waals surface area contributed by atoms with Crippen LogP contribution in [0.5, 0.6) is 5.75 Å². The lowest BCUT2D eigenvalue weighted by molar-refractivity contribution is -0.384. The van der Waals surface area contributed by atoms with E-state index < -0.39 is 10.8 Å². The third-order valence-corrected chi connectivity index (χ3v) is 3.24. The summed E-state index contributed by atoms with van der Waals surface area (Å²) in [6, 6.07) is 14.1. The molecular formula is C19H15N3O4. The minimum Gasteiger partial charge on any atom is -0.490 e. The Morgan fingerprint density at radius 3 is 2.65 bits per heavy atom. The molecule has 0 unspecified atom stereocenters. The molecule has 0 radical (unpaired) electrons. The van der Waals surface area contributed by atoms with Gasteiger partial charge in [0.2, 0.25) is 0 Å². The second kappa shape index (κ2) is 8.80. The summed E-state index contributed by atoms with van der Waals surface area (Å²) >= 11 is 0. The molecular weight excluding hydrogens is 334 g/mol. The van der Waals surface area contributed by atoms with E-state index in [9.17, 15) is 20.2 Å². The van der Waals surface area contributed by atoms with E-state index in [1.165, 1.54) is 30.3 Å². The number of nitriles is 1. The van der Waals surface area contributed by atoms with E-state index in [1.807, 2.05) is 6.07 Å². The number of hydrogen-bond acceptors (Lipinski definition) is 5. The number of carbonyl (C=O) groups excluding carboxylic acids is 1. The van der Waals surface area contributed by atoms with Gasteiger partial charge in [-0.2, -0.15) is 5.26 Å². The molecule has 0 aliphatic carbocycles. The van der Waals surface area contributed by atoms with Crippen molar-refractivity contribution in [1.82, 2.24) is 0 Å². The number of nitro groups is 1. The third-order valence-electron chi connectivity index (χ3n) is 3.24. The van der Waals surface area contributed by atoms with Gasteiger partial charge in [-0.15, -0.1) is 0 Å². The van der Waals surface area contributed by atoms with Gasteiger partial charge in [-0.25, -0.2) is 0 Å². The molecule has 0 aliphatic rings. The average molecular weight is 349 g/mol. The maximum Gasteiger partial charge on any atom is 0.271 e. The molecule has 0 aromatic heterocycles. The van der Waals surface area contributed by atoms with Crippen LogP contribution in [0.25, 0.3) is 6.08 Å². The molecule has 2 aromatic carbocycles. The van der Waals surface area contributed by atoms with E-state index in [-0.39, 0.29) is 16.9 Å². The topological polar surface area (TPSA) is 105 Å². The van der Waals surface area contributed by atoms with E-state index in [1.54, 1.807) is 30.3 Å². The predicted molar refractivity (Wildman–Crippen MR) is 97.5 cm³/mol. The van der Waals surface area contributed by atoms with Gasteiger partial charge in [0, 0.05) is 17.8 Å². The minimum absolute atomic E-state index is 0.128. The van der Waals surface area contributed by atoms with Gasteiger partial charge in [0.1, 0.15) is 24.0 Å². The van der Waals surface area contributed by atoms with Crippen molar-refractivity contribution in [2.75, 3.05) is 11.9 Å². The Hall–Kier alpha value is -3.92. The van der Waals surface area contributed by atoms with Crippen molar-refractivity contribution >= 4 is 23.4 Å². The molecule has 7 nitrogen and oxygen atoms in total. The van der Waals surface area contributed by atoms with Gasteiger partial charge in [0.25, 0.3) is 11.6 Å². The first-order chi connectivity index (χ1) is 12.5. The Kier molecular flexibility index (Phi) is 6.23. The van der Waals surface area contributed by atoms with Gasteiger partial charge >= 0.3 is 0 Å². The number of non-ortho nitro benzene ring substituents is 1. The molecule has 130 valence electrons. The molecule has 26 heavy (non-hydrogen) atoms. The predicted octanol–water partition coefficient (Wildman–Crippen LogP) is 3.71. The highest BCUT2D eigenvalue weighted by molar-refractivity contribution is 6.09. The fourth-order valence-electron chi connectivity index (χ4n) is 2.03. The minimum atomic E-state index is -0.653. The molecule has 7 heteroatoms. The lowest BCUT2D eigenvalue weighted by atomic mass is 10.1. The normalized spacial score (nSPS) is 10.5. The lowest BCUT2D eigenvalue weighted by Gasteiger charge is -2.05. The van der Waals surface area contributed by atoms with Crippen molar-refractivity contribution in [1.29, 1.82) is 5.26 Å². The van der Waals surface area contributed by atoms with Gasteiger partial charge < -0.3 is 10.1 Å². The number of carbonyl (C=O) groups is 1. The summed E-state index contributed by atoms with van der Waals surface area (Å²) in [5.41, 5.74) is 0.594.